The van der Waals surface area contributed by atoms with Crippen LogP contribution in [0.4, 0.5) is 5.82 Å². The lowest BCUT2D eigenvalue weighted by Crippen LogP contribution is -2.58. The lowest BCUT2D eigenvalue weighted by molar-refractivity contribution is -0.136. The molecule has 4 heterocycles. The largest absolute Gasteiger partial charge is 0.354 e. The summed E-state index contributed by atoms with van der Waals surface area (Å²) in [4.78, 5) is 22.4. The van der Waals surface area contributed by atoms with Crippen LogP contribution in [0.25, 0.3) is 0 Å². The molecule has 1 N–H and O–H groups in total. The summed E-state index contributed by atoms with van der Waals surface area (Å²) in [5.41, 5.74) is 0.584. The molecule has 146 valence electrons. The Labute approximate surface area is 164 Å². The van der Waals surface area contributed by atoms with Crippen molar-refractivity contribution in [3.8, 4) is 0 Å². The molecular weight excluding hydrogens is 360 g/mol. The highest BCUT2D eigenvalue weighted by Crippen LogP contribution is 2.31. The molecule has 2 aromatic rings. The van der Waals surface area contributed by atoms with Crippen LogP contribution in [0.3, 0.4) is 0 Å². The zero-order valence-electron chi connectivity index (χ0n) is 16.1. The minimum absolute atomic E-state index is 0.245. The first kappa shape index (κ1) is 18.4. The molecule has 27 heavy (non-hydrogen) atoms. The Morgan fingerprint density at radius 1 is 1.26 bits per heavy atom. The van der Waals surface area contributed by atoms with E-state index in [1.165, 1.54) is 0 Å². The third-order valence-electron chi connectivity index (χ3n) is 5.65. The number of aryl methyl sites for hydroxylation is 2. The standard InChI is InChI=1S/C19H28N6OS/c1-15-20-16(14-27-15)13-24-11-6-19(7-12-24,18(26)25-8-3-4-9-25)21-17-5-10-23(2)22-17/h5,10,14H,3-4,6-9,11-13H2,1-2H3,(H,21,22). The predicted octanol–water partition coefficient (Wildman–Crippen LogP) is 2.25. The smallest absolute Gasteiger partial charge is 0.248 e. The second kappa shape index (κ2) is 7.59. The van der Waals surface area contributed by atoms with E-state index in [0.717, 1.165) is 74.9 Å². The summed E-state index contributed by atoms with van der Waals surface area (Å²) in [5, 5.41) is 11.2. The molecule has 0 aromatic carbocycles. The molecule has 0 spiro atoms. The van der Waals surface area contributed by atoms with Crippen molar-refractivity contribution < 1.29 is 4.79 Å². The summed E-state index contributed by atoms with van der Waals surface area (Å²) in [6.07, 6.45) is 5.72. The van der Waals surface area contributed by atoms with Gasteiger partial charge in [0.1, 0.15) is 11.4 Å². The first-order valence-corrected chi connectivity index (χ1v) is 10.6. The van der Waals surface area contributed by atoms with Crippen molar-refractivity contribution in [2.75, 3.05) is 31.5 Å². The molecule has 0 atom stereocenters. The van der Waals surface area contributed by atoms with E-state index in [1.54, 1.807) is 16.0 Å². The van der Waals surface area contributed by atoms with Crippen molar-refractivity contribution in [1.29, 1.82) is 0 Å². The van der Waals surface area contributed by atoms with E-state index in [1.807, 2.05) is 31.1 Å². The van der Waals surface area contributed by atoms with Gasteiger partial charge in [-0.1, -0.05) is 0 Å². The molecule has 0 saturated carbocycles. The van der Waals surface area contributed by atoms with Crippen LogP contribution in [-0.2, 0) is 18.4 Å². The third-order valence-corrected chi connectivity index (χ3v) is 6.47. The SMILES string of the molecule is Cc1nc(CN2CCC(Nc3ccn(C)n3)(C(=O)N3CCCC3)CC2)cs1. The number of piperidine rings is 1. The third kappa shape index (κ3) is 4.01. The lowest BCUT2D eigenvalue weighted by Gasteiger charge is -2.42. The average molecular weight is 389 g/mol. The van der Waals surface area contributed by atoms with Crippen molar-refractivity contribution in [3.05, 3.63) is 28.3 Å². The summed E-state index contributed by atoms with van der Waals surface area (Å²) in [6, 6.07) is 1.95. The number of nitrogens with zero attached hydrogens (tertiary/aromatic N) is 5. The molecule has 4 rings (SSSR count). The van der Waals surface area contributed by atoms with Crippen molar-refractivity contribution >= 4 is 23.1 Å². The Hall–Kier alpha value is -1.93. The van der Waals surface area contributed by atoms with Gasteiger partial charge in [-0.2, -0.15) is 5.10 Å². The van der Waals surface area contributed by atoms with Gasteiger partial charge < -0.3 is 10.2 Å². The number of carbonyl (C=O) groups excluding carboxylic acids is 1. The minimum atomic E-state index is -0.548. The van der Waals surface area contributed by atoms with Gasteiger partial charge in [-0.05, 0) is 32.6 Å². The monoisotopic (exact) mass is 388 g/mol. The first-order valence-electron chi connectivity index (χ1n) is 9.75. The number of nitrogens with one attached hydrogen (secondary N) is 1. The van der Waals surface area contributed by atoms with E-state index in [0.29, 0.717) is 0 Å². The fourth-order valence-electron chi connectivity index (χ4n) is 4.14. The topological polar surface area (TPSA) is 66.3 Å². The van der Waals surface area contributed by atoms with Gasteiger partial charge >= 0.3 is 0 Å². The summed E-state index contributed by atoms with van der Waals surface area (Å²) in [6.45, 7) is 6.44. The van der Waals surface area contributed by atoms with Crippen LogP contribution in [0, 0.1) is 6.92 Å². The van der Waals surface area contributed by atoms with Crippen LogP contribution in [0.5, 0.6) is 0 Å². The van der Waals surface area contributed by atoms with Crippen molar-refractivity contribution in [2.45, 2.75) is 44.7 Å². The highest BCUT2D eigenvalue weighted by Gasteiger charge is 2.44. The highest BCUT2D eigenvalue weighted by molar-refractivity contribution is 7.09. The van der Waals surface area contributed by atoms with E-state index < -0.39 is 5.54 Å². The van der Waals surface area contributed by atoms with E-state index in [4.69, 9.17) is 0 Å². The number of hydrogen-bond acceptors (Lipinski definition) is 6. The summed E-state index contributed by atoms with van der Waals surface area (Å²) in [5.74, 6) is 1.03. The Bertz CT molecular complexity index is 786. The van der Waals surface area contributed by atoms with Gasteiger partial charge in [0.15, 0.2) is 0 Å². The predicted molar refractivity (Wildman–Crippen MR) is 107 cm³/mol. The van der Waals surface area contributed by atoms with Crippen molar-refractivity contribution in [2.24, 2.45) is 7.05 Å². The lowest BCUT2D eigenvalue weighted by atomic mass is 9.85. The summed E-state index contributed by atoms with van der Waals surface area (Å²) < 4.78 is 1.77. The second-order valence-corrected chi connectivity index (χ2v) is 8.78. The van der Waals surface area contributed by atoms with Crippen LogP contribution >= 0.6 is 11.3 Å². The molecule has 0 radical (unpaired) electrons. The van der Waals surface area contributed by atoms with Crippen LogP contribution in [0.1, 0.15) is 36.4 Å². The summed E-state index contributed by atoms with van der Waals surface area (Å²) >= 11 is 1.70. The van der Waals surface area contributed by atoms with E-state index in [-0.39, 0.29) is 5.91 Å². The zero-order valence-corrected chi connectivity index (χ0v) is 17.0. The summed E-state index contributed by atoms with van der Waals surface area (Å²) in [7, 11) is 1.90. The molecule has 0 aliphatic carbocycles. The molecule has 2 aliphatic rings. The second-order valence-electron chi connectivity index (χ2n) is 7.72. The molecule has 0 unspecified atom stereocenters. The van der Waals surface area contributed by atoms with Gasteiger partial charge in [0.05, 0.1) is 10.7 Å². The first-order chi connectivity index (χ1) is 13.0. The van der Waals surface area contributed by atoms with Crippen LogP contribution in [0.15, 0.2) is 17.6 Å². The van der Waals surface area contributed by atoms with Gasteiger partial charge in [0.25, 0.3) is 0 Å². The number of rotatable bonds is 5. The Morgan fingerprint density at radius 2 is 2.00 bits per heavy atom. The van der Waals surface area contributed by atoms with Gasteiger partial charge in [-0.25, -0.2) is 4.98 Å². The van der Waals surface area contributed by atoms with E-state index in [9.17, 15) is 4.79 Å². The number of likely N-dealkylation sites (tertiary alicyclic amines) is 2. The number of thiazole rings is 1. The number of amides is 1. The van der Waals surface area contributed by atoms with Gasteiger partial charge in [-0.3, -0.25) is 14.4 Å². The minimum Gasteiger partial charge on any atom is -0.354 e. The fourth-order valence-corrected chi connectivity index (χ4v) is 4.75. The van der Waals surface area contributed by atoms with Crippen LogP contribution < -0.4 is 5.32 Å². The Morgan fingerprint density at radius 3 is 2.59 bits per heavy atom. The molecule has 0 bridgehead atoms. The van der Waals surface area contributed by atoms with Crippen molar-refractivity contribution in [3.63, 3.8) is 0 Å². The van der Waals surface area contributed by atoms with Gasteiger partial charge in [0, 0.05) is 57.4 Å². The Balaban J connectivity index is 1.48. The molecule has 2 aliphatic heterocycles. The highest BCUT2D eigenvalue weighted by atomic mass is 32.1. The van der Waals surface area contributed by atoms with Gasteiger partial charge in [0.2, 0.25) is 5.91 Å². The molecule has 1 amide bonds. The quantitative estimate of drug-likeness (QED) is 0.851. The maximum Gasteiger partial charge on any atom is 0.248 e. The molecule has 8 heteroatoms. The Kier molecular flexibility index (Phi) is 5.19. The van der Waals surface area contributed by atoms with Gasteiger partial charge in [-0.15, -0.1) is 11.3 Å². The number of aromatic nitrogens is 3. The average Bonchev–Trinajstić information content (AvgIpc) is 3.40. The number of hydrogen-bond donors (Lipinski definition) is 1. The molecule has 7 nitrogen and oxygen atoms in total. The molecule has 2 aromatic heterocycles. The maximum absolute atomic E-state index is 13.4. The van der Waals surface area contributed by atoms with Crippen LogP contribution in [0.2, 0.25) is 0 Å². The van der Waals surface area contributed by atoms with E-state index in [2.05, 4.69) is 25.7 Å². The molecule has 2 saturated heterocycles. The van der Waals surface area contributed by atoms with E-state index >= 15 is 0 Å². The zero-order chi connectivity index (χ0) is 18.9. The molecular formula is C19H28N6OS. The normalized spacial score (nSPS) is 20.1. The number of carbonyl (C=O) groups is 1. The van der Waals surface area contributed by atoms with Crippen LogP contribution in [-0.4, -0.2) is 62.2 Å². The number of anilines is 1. The van der Waals surface area contributed by atoms with Crippen molar-refractivity contribution in [1.82, 2.24) is 24.6 Å². The fraction of sp³-hybridized carbons (Fsp3) is 0.632. The molecule has 2 fully saturated rings. The maximum atomic E-state index is 13.4.